The number of amides is 2. The minimum atomic E-state index is -0.225. The lowest BCUT2D eigenvalue weighted by Gasteiger charge is -2.41. The second-order valence-corrected chi connectivity index (χ2v) is 9.51. The third-order valence-electron chi connectivity index (χ3n) is 5.95. The van der Waals surface area contributed by atoms with Crippen molar-refractivity contribution in [2.24, 2.45) is 0 Å². The van der Waals surface area contributed by atoms with Crippen LogP contribution < -0.4 is 4.90 Å². The molecule has 0 aliphatic carbocycles. The molecule has 0 atom stereocenters. The van der Waals surface area contributed by atoms with E-state index in [1.165, 1.54) is 16.2 Å². The van der Waals surface area contributed by atoms with Crippen LogP contribution in [0.25, 0.3) is 11.6 Å². The molecule has 1 fully saturated rings. The van der Waals surface area contributed by atoms with Crippen LogP contribution in [-0.4, -0.2) is 28.6 Å². The summed E-state index contributed by atoms with van der Waals surface area (Å²) in [5.74, 6) is -0.225. The lowest BCUT2D eigenvalue weighted by atomic mass is 9.87. The number of hydrogen-bond acceptors (Lipinski definition) is 4. The second-order valence-electron chi connectivity index (χ2n) is 8.52. The zero-order valence-corrected chi connectivity index (χ0v) is 18.8. The summed E-state index contributed by atoms with van der Waals surface area (Å²) in [6, 6.07) is 13.9. The predicted molar refractivity (Wildman–Crippen MR) is 125 cm³/mol. The van der Waals surface area contributed by atoms with Gasteiger partial charge in [0.05, 0.1) is 17.0 Å². The van der Waals surface area contributed by atoms with Crippen molar-refractivity contribution in [2.75, 3.05) is 11.9 Å². The molecular formula is C25H26N2O2S. The molecule has 5 heteroatoms. The number of nitrogens with zero attached hydrogens (tertiary/aromatic N) is 2. The molecule has 2 aliphatic rings. The van der Waals surface area contributed by atoms with Crippen LogP contribution in [0.3, 0.4) is 0 Å². The molecule has 0 aromatic heterocycles. The number of carbonyl (C=O) groups excluding carboxylic acids is 2. The van der Waals surface area contributed by atoms with Gasteiger partial charge in [-0.3, -0.25) is 14.5 Å². The smallest absolute Gasteiger partial charge is 0.293 e. The van der Waals surface area contributed by atoms with E-state index in [-0.39, 0.29) is 16.7 Å². The summed E-state index contributed by atoms with van der Waals surface area (Å²) in [6.07, 6.45) is 4.13. The van der Waals surface area contributed by atoms with Crippen molar-refractivity contribution in [1.29, 1.82) is 0 Å². The Bertz CT molecular complexity index is 1100. The Balaban J connectivity index is 1.67. The van der Waals surface area contributed by atoms with Crippen molar-refractivity contribution in [2.45, 2.75) is 39.8 Å². The van der Waals surface area contributed by atoms with E-state index in [0.717, 1.165) is 34.0 Å². The standard InChI is InChI=1S/C25H26N2O2S/c1-16-11-21-20(17(2)14-25(3,4)26(21)5)12-19(16)13-22-23(28)27(24(29)30-22)15-18-9-7-6-8-10-18/h6-14H,15H2,1-5H3/b22-13-. The molecule has 2 aliphatic heterocycles. The second kappa shape index (κ2) is 7.47. The molecule has 0 saturated carbocycles. The number of benzene rings is 2. The molecule has 154 valence electrons. The number of fused-ring (bicyclic) bond motifs is 1. The molecule has 2 heterocycles. The SMILES string of the molecule is CC1=CC(C)(C)N(C)c2cc(C)c(/C=C3\SC(=O)N(Cc4ccccc4)C3=O)cc21. The summed E-state index contributed by atoms with van der Waals surface area (Å²) in [5.41, 5.74) is 6.52. The van der Waals surface area contributed by atoms with E-state index < -0.39 is 0 Å². The summed E-state index contributed by atoms with van der Waals surface area (Å²) in [4.78, 5) is 29.5. The van der Waals surface area contributed by atoms with Crippen molar-refractivity contribution in [1.82, 2.24) is 4.90 Å². The zero-order chi connectivity index (χ0) is 21.6. The maximum Gasteiger partial charge on any atom is 0.293 e. The first-order valence-electron chi connectivity index (χ1n) is 10.0. The minimum Gasteiger partial charge on any atom is -0.365 e. The summed E-state index contributed by atoms with van der Waals surface area (Å²) in [5, 5.41) is -0.219. The number of hydrogen-bond donors (Lipinski definition) is 0. The lowest BCUT2D eigenvalue weighted by Crippen LogP contribution is -2.42. The molecule has 4 rings (SSSR count). The monoisotopic (exact) mass is 418 g/mol. The van der Waals surface area contributed by atoms with Crippen LogP contribution in [0.5, 0.6) is 0 Å². The van der Waals surface area contributed by atoms with Crippen LogP contribution >= 0.6 is 11.8 Å². The van der Waals surface area contributed by atoms with Crippen molar-refractivity contribution < 1.29 is 9.59 Å². The van der Waals surface area contributed by atoms with Crippen molar-refractivity contribution in [3.05, 3.63) is 75.7 Å². The maximum absolute atomic E-state index is 12.9. The highest BCUT2D eigenvalue weighted by atomic mass is 32.2. The van der Waals surface area contributed by atoms with Crippen LogP contribution in [0.1, 0.15) is 43.0 Å². The third-order valence-corrected chi connectivity index (χ3v) is 6.86. The Hall–Kier alpha value is -2.79. The van der Waals surface area contributed by atoms with Gasteiger partial charge in [0.2, 0.25) is 0 Å². The molecule has 1 saturated heterocycles. The van der Waals surface area contributed by atoms with Gasteiger partial charge in [-0.2, -0.15) is 0 Å². The van der Waals surface area contributed by atoms with Gasteiger partial charge in [-0.05, 0) is 79.9 Å². The first-order chi connectivity index (χ1) is 14.2. The van der Waals surface area contributed by atoms with E-state index in [0.29, 0.717) is 11.4 Å². The van der Waals surface area contributed by atoms with Gasteiger partial charge in [-0.1, -0.05) is 36.4 Å². The van der Waals surface area contributed by atoms with Gasteiger partial charge in [-0.15, -0.1) is 0 Å². The molecule has 2 amide bonds. The molecule has 30 heavy (non-hydrogen) atoms. The number of anilines is 1. The molecule has 0 N–H and O–H groups in total. The fraction of sp³-hybridized carbons (Fsp3) is 0.280. The zero-order valence-electron chi connectivity index (χ0n) is 18.0. The van der Waals surface area contributed by atoms with E-state index >= 15 is 0 Å². The number of likely N-dealkylation sites (N-methyl/N-ethyl adjacent to an activating group) is 1. The Kier molecular flexibility index (Phi) is 5.10. The van der Waals surface area contributed by atoms with Gasteiger partial charge < -0.3 is 4.90 Å². The Morgan fingerprint density at radius 2 is 1.77 bits per heavy atom. The first-order valence-corrected chi connectivity index (χ1v) is 10.9. The van der Waals surface area contributed by atoms with Gasteiger partial charge in [-0.25, -0.2) is 0 Å². The fourth-order valence-corrected chi connectivity index (χ4v) is 4.85. The van der Waals surface area contributed by atoms with Gasteiger partial charge in [0.1, 0.15) is 0 Å². The van der Waals surface area contributed by atoms with E-state index in [9.17, 15) is 9.59 Å². The molecule has 4 nitrogen and oxygen atoms in total. The molecule has 2 aromatic carbocycles. The molecule has 0 bridgehead atoms. The van der Waals surface area contributed by atoms with Crippen molar-refractivity contribution in [3.8, 4) is 0 Å². The Labute approximate surface area is 182 Å². The quantitative estimate of drug-likeness (QED) is 0.585. The molecular weight excluding hydrogens is 392 g/mol. The lowest BCUT2D eigenvalue weighted by molar-refractivity contribution is -0.123. The first kappa shape index (κ1) is 20.5. The van der Waals surface area contributed by atoms with Gasteiger partial charge in [0.15, 0.2) is 0 Å². The number of imide groups is 1. The van der Waals surface area contributed by atoms with E-state index in [2.05, 4.69) is 57.9 Å². The largest absolute Gasteiger partial charge is 0.365 e. The molecule has 2 aromatic rings. The van der Waals surface area contributed by atoms with E-state index in [1.807, 2.05) is 36.4 Å². The van der Waals surface area contributed by atoms with Crippen LogP contribution in [0.4, 0.5) is 10.5 Å². The number of rotatable bonds is 3. The minimum absolute atomic E-state index is 0.0505. The highest BCUT2D eigenvalue weighted by molar-refractivity contribution is 8.18. The summed E-state index contributed by atoms with van der Waals surface area (Å²) in [7, 11) is 2.11. The van der Waals surface area contributed by atoms with Crippen LogP contribution in [0.15, 0.2) is 53.4 Å². The van der Waals surface area contributed by atoms with Gasteiger partial charge in [0, 0.05) is 18.3 Å². The fourth-order valence-electron chi connectivity index (χ4n) is 4.02. The van der Waals surface area contributed by atoms with Crippen molar-refractivity contribution in [3.63, 3.8) is 0 Å². The van der Waals surface area contributed by atoms with Gasteiger partial charge >= 0.3 is 0 Å². The van der Waals surface area contributed by atoms with E-state index in [1.54, 1.807) is 0 Å². The molecule has 0 radical (unpaired) electrons. The molecule has 0 spiro atoms. The number of allylic oxidation sites excluding steroid dienone is 1. The Morgan fingerprint density at radius 1 is 1.07 bits per heavy atom. The predicted octanol–water partition coefficient (Wildman–Crippen LogP) is 5.86. The maximum atomic E-state index is 12.9. The summed E-state index contributed by atoms with van der Waals surface area (Å²) >= 11 is 1.02. The molecule has 0 unspecified atom stereocenters. The number of aryl methyl sites for hydroxylation is 1. The van der Waals surface area contributed by atoms with Crippen LogP contribution in [0.2, 0.25) is 0 Å². The van der Waals surface area contributed by atoms with Crippen LogP contribution in [0, 0.1) is 6.92 Å². The van der Waals surface area contributed by atoms with Gasteiger partial charge in [0.25, 0.3) is 11.1 Å². The number of thioether (sulfide) groups is 1. The topological polar surface area (TPSA) is 40.6 Å². The third kappa shape index (κ3) is 3.58. The highest BCUT2D eigenvalue weighted by Crippen LogP contribution is 2.40. The van der Waals surface area contributed by atoms with Crippen molar-refractivity contribution >= 4 is 40.2 Å². The Morgan fingerprint density at radius 3 is 2.47 bits per heavy atom. The van der Waals surface area contributed by atoms with E-state index in [4.69, 9.17) is 0 Å². The highest BCUT2D eigenvalue weighted by Gasteiger charge is 2.35. The summed E-state index contributed by atoms with van der Waals surface area (Å²) < 4.78 is 0. The summed E-state index contributed by atoms with van der Waals surface area (Å²) in [6.45, 7) is 8.87. The average Bonchev–Trinajstić information content (AvgIpc) is 2.95. The number of carbonyl (C=O) groups is 2. The average molecular weight is 419 g/mol. The normalized spacial score (nSPS) is 19.4. The van der Waals surface area contributed by atoms with Crippen LogP contribution in [-0.2, 0) is 11.3 Å².